The molecule has 2 aromatic carbocycles. The van der Waals surface area contributed by atoms with E-state index in [4.69, 9.17) is 37.9 Å². The highest BCUT2D eigenvalue weighted by molar-refractivity contribution is 6.02. The summed E-state index contributed by atoms with van der Waals surface area (Å²) in [5.41, 5.74) is 2.04. The first kappa shape index (κ1) is 24.6. The fourth-order valence-corrected chi connectivity index (χ4v) is 3.46. The number of rotatable bonds is 14. The van der Waals surface area contributed by atoms with Crippen LogP contribution >= 0.6 is 0 Å². The van der Waals surface area contributed by atoms with Gasteiger partial charge in [-0.15, -0.1) is 0 Å². The van der Waals surface area contributed by atoms with E-state index in [1.54, 1.807) is 13.0 Å². The second-order valence-electron chi connectivity index (χ2n) is 7.32. The van der Waals surface area contributed by atoms with Crippen LogP contribution in [0.5, 0.6) is 28.7 Å². The normalized spacial score (nSPS) is 12.0. The topological polar surface area (TPSA) is 90.9 Å². The SMILES string of the molecule is COCOc1cc(OCOC)c(C(=O)CCCc2ccc3c(c2)OCO3)c(OCOC)c1C. The van der Waals surface area contributed by atoms with E-state index >= 15 is 0 Å². The highest BCUT2D eigenvalue weighted by Gasteiger charge is 2.25. The molecular formula is C24H30O9. The zero-order valence-corrected chi connectivity index (χ0v) is 19.4. The van der Waals surface area contributed by atoms with Gasteiger partial charge in [-0.1, -0.05) is 6.07 Å². The molecule has 1 heterocycles. The van der Waals surface area contributed by atoms with Gasteiger partial charge < -0.3 is 37.9 Å². The molecule has 2 aromatic rings. The molecule has 0 aromatic heterocycles. The summed E-state index contributed by atoms with van der Waals surface area (Å²) >= 11 is 0. The number of carbonyl (C=O) groups excluding carboxylic acids is 1. The number of ketones is 1. The molecule has 0 N–H and O–H groups in total. The van der Waals surface area contributed by atoms with Gasteiger partial charge in [-0.25, -0.2) is 0 Å². The highest BCUT2D eigenvalue weighted by Crippen LogP contribution is 2.40. The molecule has 0 spiro atoms. The summed E-state index contributed by atoms with van der Waals surface area (Å²) in [5, 5.41) is 0. The van der Waals surface area contributed by atoms with Gasteiger partial charge in [0.2, 0.25) is 6.79 Å². The average Bonchev–Trinajstić information content (AvgIpc) is 3.29. The Morgan fingerprint density at radius 2 is 1.55 bits per heavy atom. The number of ether oxygens (including phenoxy) is 8. The van der Waals surface area contributed by atoms with Crippen LogP contribution < -0.4 is 23.7 Å². The second kappa shape index (κ2) is 12.3. The van der Waals surface area contributed by atoms with Gasteiger partial charge in [-0.05, 0) is 37.5 Å². The quantitative estimate of drug-likeness (QED) is 0.306. The van der Waals surface area contributed by atoms with Gasteiger partial charge in [0.05, 0.1) is 0 Å². The van der Waals surface area contributed by atoms with Gasteiger partial charge in [0.25, 0.3) is 0 Å². The number of Topliss-reactive ketones (excluding diaryl/α,β-unsaturated/α-hetero) is 1. The third-order valence-electron chi connectivity index (χ3n) is 5.02. The van der Waals surface area contributed by atoms with Crippen LogP contribution in [-0.4, -0.2) is 54.3 Å². The number of fused-ring (bicyclic) bond motifs is 1. The number of aryl methyl sites for hydroxylation is 1. The molecule has 0 amide bonds. The maximum atomic E-state index is 13.3. The molecule has 9 nitrogen and oxygen atoms in total. The minimum Gasteiger partial charge on any atom is -0.467 e. The predicted molar refractivity (Wildman–Crippen MR) is 119 cm³/mol. The Balaban J connectivity index is 1.81. The van der Waals surface area contributed by atoms with Crippen molar-refractivity contribution in [1.29, 1.82) is 0 Å². The summed E-state index contributed by atoms with van der Waals surface area (Å²) in [6.45, 7) is 2.01. The standard InChI is InChI=1S/C24H30O9/c1-16-20(29-12-26-2)11-22(30-13-27-3)23(24(16)33-14-28-4)18(25)7-5-6-17-8-9-19-21(10-17)32-15-31-19/h8-11H,5-7,12-15H2,1-4H3. The summed E-state index contributed by atoms with van der Waals surface area (Å²) in [7, 11) is 4.54. The van der Waals surface area contributed by atoms with Crippen molar-refractivity contribution in [3.8, 4) is 28.7 Å². The van der Waals surface area contributed by atoms with Crippen LogP contribution in [0.2, 0.25) is 0 Å². The van der Waals surface area contributed by atoms with Gasteiger partial charge in [0.1, 0.15) is 22.8 Å². The molecule has 180 valence electrons. The number of methoxy groups -OCH3 is 3. The summed E-state index contributed by atoms with van der Waals surface area (Å²) < 4.78 is 43.0. The molecule has 1 aliphatic heterocycles. The fraction of sp³-hybridized carbons (Fsp3) is 0.458. The largest absolute Gasteiger partial charge is 0.467 e. The van der Waals surface area contributed by atoms with Crippen LogP contribution in [0.15, 0.2) is 24.3 Å². The van der Waals surface area contributed by atoms with E-state index in [0.717, 1.165) is 17.1 Å². The van der Waals surface area contributed by atoms with Gasteiger partial charge in [0, 0.05) is 39.4 Å². The Morgan fingerprint density at radius 1 is 0.879 bits per heavy atom. The van der Waals surface area contributed by atoms with E-state index in [1.807, 2.05) is 18.2 Å². The van der Waals surface area contributed by atoms with Gasteiger partial charge in [-0.3, -0.25) is 4.79 Å². The second-order valence-corrected chi connectivity index (χ2v) is 7.32. The maximum absolute atomic E-state index is 13.3. The lowest BCUT2D eigenvalue weighted by atomic mass is 9.98. The van der Waals surface area contributed by atoms with Crippen molar-refractivity contribution in [2.24, 2.45) is 0 Å². The maximum Gasteiger partial charge on any atom is 0.231 e. The minimum absolute atomic E-state index is 0.0320. The average molecular weight is 462 g/mol. The van der Waals surface area contributed by atoms with Crippen LogP contribution in [0.25, 0.3) is 0 Å². The lowest BCUT2D eigenvalue weighted by Crippen LogP contribution is -2.13. The van der Waals surface area contributed by atoms with Crippen LogP contribution in [0.3, 0.4) is 0 Å². The van der Waals surface area contributed by atoms with Crippen molar-refractivity contribution in [2.45, 2.75) is 26.2 Å². The molecule has 0 saturated carbocycles. The molecule has 0 unspecified atom stereocenters. The minimum atomic E-state index is -0.116. The number of benzene rings is 2. The smallest absolute Gasteiger partial charge is 0.231 e. The fourth-order valence-electron chi connectivity index (χ4n) is 3.46. The van der Waals surface area contributed by atoms with Crippen LogP contribution in [0, 0.1) is 6.92 Å². The van der Waals surface area contributed by atoms with E-state index in [-0.39, 0.29) is 33.0 Å². The first-order valence-corrected chi connectivity index (χ1v) is 10.5. The Bertz CT molecular complexity index is 942. The lowest BCUT2D eigenvalue weighted by molar-refractivity contribution is 0.0391. The Morgan fingerprint density at radius 3 is 2.27 bits per heavy atom. The van der Waals surface area contributed by atoms with Gasteiger partial charge >= 0.3 is 0 Å². The van der Waals surface area contributed by atoms with Gasteiger partial charge in [0.15, 0.2) is 37.7 Å². The molecule has 0 aliphatic carbocycles. The Hall–Kier alpha value is -3.01. The van der Waals surface area contributed by atoms with Gasteiger partial charge in [-0.2, -0.15) is 0 Å². The van der Waals surface area contributed by atoms with Crippen molar-refractivity contribution in [3.63, 3.8) is 0 Å². The van der Waals surface area contributed by atoms with E-state index in [9.17, 15) is 4.79 Å². The molecule has 0 radical (unpaired) electrons. The summed E-state index contributed by atoms with van der Waals surface area (Å²) in [6.07, 6.45) is 1.63. The van der Waals surface area contributed by atoms with E-state index in [2.05, 4.69) is 0 Å². The molecule has 33 heavy (non-hydrogen) atoms. The van der Waals surface area contributed by atoms with Crippen molar-refractivity contribution >= 4 is 5.78 Å². The highest BCUT2D eigenvalue weighted by atomic mass is 16.7. The number of hydrogen-bond acceptors (Lipinski definition) is 9. The predicted octanol–water partition coefficient (Wildman–Crippen LogP) is 3.88. The zero-order valence-electron chi connectivity index (χ0n) is 19.4. The molecular weight excluding hydrogens is 432 g/mol. The zero-order chi connectivity index (χ0) is 23.6. The number of hydrogen-bond donors (Lipinski definition) is 0. The summed E-state index contributed by atoms with van der Waals surface area (Å²) in [4.78, 5) is 13.3. The summed E-state index contributed by atoms with van der Waals surface area (Å²) in [5.74, 6) is 2.49. The molecule has 0 bridgehead atoms. The van der Waals surface area contributed by atoms with Crippen LogP contribution in [0.1, 0.15) is 34.3 Å². The lowest BCUT2D eigenvalue weighted by Gasteiger charge is -2.20. The molecule has 0 atom stereocenters. The summed E-state index contributed by atoms with van der Waals surface area (Å²) in [6, 6.07) is 7.45. The Kier molecular flexibility index (Phi) is 9.17. The number of carbonyl (C=O) groups is 1. The molecule has 1 aliphatic rings. The first-order valence-electron chi connectivity index (χ1n) is 10.5. The third kappa shape index (κ3) is 6.28. The van der Waals surface area contributed by atoms with Crippen molar-refractivity contribution in [1.82, 2.24) is 0 Å². The first-order chi connectivity index (χ1) is 16.1. The molecule has 3 rings (SSSR count). The van der Waals surface area contributed by atoms with Crippen molar-refractivity contribution < 1.29 is 42.7 Å². The molecule has 0 fully saturated rings. The van der Waals surface area contributed by atoms with E-state index < -0.39 is 0 Å². The Labute approximate surface area is 193 Å². The van der Waals surface area contributed by atoms with Crippen LogP contribution in [0.4, 0.5) is 0 Å². The molecule has 0 saturated heterocycles. The van der Waals surface area contributed by atoms with Crippen LogP contribution in [-0.2, 0) is 20.6 Å². The molecule has 9 heteroatoms. The van der Waals surface area contributed by atoms with Crippen molar-refractivity contribution in [3.05, 3.63) is 41.0 Å². The monoisotopic (exact) mass is 462 g/mol. The van der Waals surface area contributed by atoms with Crippen molar-refractivity contribution in [2.75, 3.05) is 48.5 Å². The van der Waals surface area contributed by atoms with E-state index in [0.29, 0.717) is 47.6 Å². The van der Waals surface area contributed by atoms with E-state index in [1.165, 1.54) is 21.3 Å². The third-order valence-corrected chi connectivity index (χ3v) is 5.02.